The SMILES string of the molecule is COc1ccc2nc(N3C(=O)C(=O)C(=C(O)c4ccccc4)C3c3ccc(Cl)c(Cl)c3)sc2c1. The van der Waals surface area contributed by atoms with Gasteiger partial charge in [-0.15, -0.1) is 0 Å². The van der Waals surface area contributed by atoms with Crippen LogP contribution in [0.4, 0.5) is 5.13 Å². The smallest absolute Gasteiger partial charge is 0.301 e. The summed E-state index contributed by atoms with van der Waals surface area (Å²) in [6.45, 7) is 0. The van der Waals surface area contributed by atoms with Gasteiger partial charge in [-0.1, -0.05) is 70.9 Å². The third kappa shape index (κ3) is 3.72. The van der Waals surface area contributed by atoms with Crippen molar-refractivity contribution >= 4 is 67.3 Å². The van der Waals surface area contributed by atoms with E-state index in [2.05, 4.69) is 4.98 Å². The number of aromatic nitrogens is 1. The van der Waals surface area contributed by atoms with Crippen LogP contribution in [0.3, 0.4) is 0 Å². The predicted molar refractivity (Wildman–Crippen MR) is 134 cm³/mol. The zero-order valence-corrected chi connectivity index (χ0v) is 20.0. The number of amides is 1. The van der Waals surface area contributed by atoms with Crippen molar-refractivity contribution in [2.75, 3.05) is 12.0 Å². The third-order valence-corrected chi connectivity index (χ3v) is 7.30. The lowest BCUT2D eigenvalue weighted by atomic mass is 9.95. The molecule has 0 bridgehead atoms. The summed E-state index contributed by atoms with van der Waals surface area (Å²) in [5, 5.41) is 12.0. The van der Waals surface area contributed by atoms with E-state index in [-0.39, 0.29) is 16.4 Å². The van der Waals surface area contributed by atoms with E-state index in [1.54, 1.807) is 67.8 Å². The van der Waals surface area contributed by atoms with Gasteiger partial charge in [0.2, 0.25) is 0 Å². The molecule has 5 rings (SSSR count). The van der Waals surface area contributed by atoms with Crippen molar-refractivity contribution in [1.82, 2.24) is 4.98 Å². The summed E-state index contributed by atoms with van der Waals surface area (Å²) < 4.78 is 6.07. The maximum absolute atomic E-state index is 13.3. The molecule has 0 radical (unpaired) electrons. The minimum atomic E-state index is -0.947. The molecular weight excluding hydrogens is 495 g/mol. The highest BCUT2D eigenvalue weighted by Crippen LogP contribution is 2.45. The highest BCUT2D eigenvalue weighted by molar-refractivity contribution is 7.22. The van der Waals surface area contributed by atoms with E-state index < -0.39 is 17.7 Å². The van der Waals surface area contributed by atoms with Crippen LogP contribution in [0.15, 0.2) is 72.3 Å². The molecule has 1 aliphatic heterocycles. The first-order valence-electron chi connectivity index (χ1n) is 10.1. The molecule has 6 nitrogen and oxygen atoms in total. The van der Waals surface area contributed by atoms with E-state index >= 15 is 0 Å². The molecule has 9 heteroatoms. The molecule has 1 saturated heterocycles. The summed E-state index contributed by atoms with van der Waals surface area (Å²) in [7, 11) is 1.56. The number of carbonyl (C=O) groups is 2. The monoisotopic (exact) mass is 510 g/mol. The molecule has 170 valence electrons. The van der Waals surface area contributed by atoms with Crippen LogP contribution in [0.5, 0.6) is 5.75 Å². The number of halogens is 2. The van der Waals surface area contributed by atoms with Crippen LogP contribution in [0.2, 0.25) is 10.0 Å². The first-order chi connectivity index (χ1) is 16.4. The quantitative estimate of drug-likeness (QED) is 0.199. The van der Waals surface area contributed by atoms with Gasteiger partial charge in [0.15, 0.2) is 5.13 Å². The number of carbonyl (C=O) groups excluding carboxylic acids is 2. The molecule has 34 heavy (non-hydrogen) atoms. The Bertz CT molecular complexity index is 1480. The molecule has 1 unspecified atom stereocenters. The van der Waals surface area contributed by atoms with Crippen molar-refractivity contribution in [1.29, 1.82) is 0 Å². The van der Waals surface area contributed by atoms with Gasteiger partial charge in [-0.25, -0.2) is 4.98 Å². The van der Waals surface area contributed by atoms with Crippen LogP contribution in [0.1, 0.15) is 17.2 Å². The number of ether oxygens (including phenoxy) is 1. The van der Waals surface area contributed by atoms with Crippen LogP contribution in [-0.4, -0.2) is 28.9 Å². The lowest BCUT2D eigenvalue weighted by Crippen LogP contribution is -2.29. The summed E-state index contributed by atoms with van der Waals surface area (Å²) in [4.78, 5) is 32.4. The predicted octanol–water partition coefficient (Wildman–Crippen LogP) is 6.24. The number of rotatable bonds is 4. The summed E-state index contributed by atoms with van der Waals surface area (Å²) in [6, 6.07) is 17.9. The lowest BCUT2D eigenvalue weighted by Gasteiger charge is -2.23. The molecule has 1 atom stereocenters. The lowest BCUT2D eigenvalue weighted by molar-refractivity contribution is -0.132. The van der Waals surface area contributed by atoms with Crippen LogP contribution in [0, 0.1) is 0 Å². The molecule has 0 aliphatic carbocycles. The Morgan fingerprint density at radius 1 is 1.03 bits per heavy atom. The van der Waals surface area contributed by atoms with Crippen LogP contribution in [0.25, 0.3) is 16.0 Å². The minimum absolute atomic E-state index is 0.0496. The molecule has 1 aliphatic rings. The largest absolute Gasteiger partial charge is 0.507 e. The number of aliphatic hydroxyl groups is 1. The second-order valence-electron chi connectivity index (χ2n) is 7.54. The number of fused-ring (bicyclic) bond motifs is 1. The van der Waals surface area contributed by atoms with Gasteiger partial charge in [-0.3, -0.25) is 14.5 Å². The Labute approximate surface area is 208 Å². The number of nitrogens with zero attached hydrogens (tertiary/aromatic N) is 2. The molecule has 3 aromatic carbocycles. The fraction of sp³-hybridized carbons (Fsp3) is 0.0800. The summed E-state index contributed by atoms with van der Waals surface area (Å²) >= 11 is 13.6. The van der Waals surface area contributed by atoms with Crippen molar-refractivity contribution in [3.63, 3.8) is 0 Å². The van der Waals surface area contributed by atoms with E-state index in [4.69, 9.17) is 27.9 Å². The Kier molecular flexibility index (Phi) is 5.77. The normalized spacial score (nSPS) is 17.5. The second kappa shape index (κ2) is 8.76. The van der Waals surface area contributed by atoms with Gasteiger partial charge in [0.1, 0.15) is 11.5 Å². The zero-order chi connectivity index (χ0) is 24.0. The van der Waals surface area contributed by atoms with Gasteiger partial charge >= 0.3 is 5.91 Å². The highest BCUT2D eigenvalue weighted by atomic mass is 35.5. The van der Waals surface area contributed by atoms with E-state index in [0.717, 1.165) is 4.70 Å². The minimum Gasteiger partial charge on any atom is -0.507 e. The average Bonchev–Trinajstić information content (AvgIpc) is 3.38. The zero-order valence-electron chi connectivity index (χ0n) is 17.7. The summed E-state index contributed by atoms with van der Waals surface area (Å²) in [5.74, 6) is -1.23. The van der Waals surface area contributed by atoms with E-state index in [9.17, 15) is 14.7 Å². The molecule has 0 spiro atoms. The molecule has 1 amide bonds. The standard InChI is InChI=1S/C25H16Cl2N2O4S/c1-33-15-8-10-18-19(12-15)34-25(28-18)29-21(14-7-9-16(26)17(27)11-14)20(23(31)24(29)32)22(30)13-5-3-2-4-6-13/h2-12,21,30H,1H3. The van der Waals surface area contributed by atoms with Gasteiger partial charge in [0.05, 0.1) is 39.0 Å². The van der Waals surface area contributed by atoms with Crippen molar-refractivity contribution in [2.24, 2.45) is 0 Å². The first-order valence-corrected chi connectivity index (χ1v) is 11.7. The number of hydrogen-bond acceptors (Lipinski definition) is 6. The van der Waals surface area contributed by atoms with E-state index in [1.807, 2.05) is 6.07 Å². The van der Waals surface area contributed by atoms with Gasteiger partial charge in [0.25, 0.3) is 5.78 Å². The Balaban J connectivity index is 1.74. The number of methoxy groups -OCH3 is 1. The number of ketones is 1. The van der Waals surface area contributed by atoms with Crippen LogP contribution >= 0.6 is 34.5 Å². The van der Waals surface area contributed by atoms with Crippen LogP contribution in [-0.2, 0) is 9.59 Å². The summed E-state index contributed by atoms with van der Waals surface area (Å²) in [6.07, 6.45) is 0. The molecular formula is C25H16Cl2N2O4S. The van der Waals surface area contributed by atoms with Crippen molar-refractivity contribution in [2.45, 2.75) is 6.04 Å². The summed E-state index contributed by atoms with van der Waals surface area (Å²) in [5.41, 5.74) is 1.53. The number of aliphatic hydroxyl groups excluding tert-OH is 1. The van der Waals surface area contributed by atoms with Crippen molar-refractivity contribution in [3.8, 4) is 5.75 Å². The van der Waals surface area contributed by atoms with E-state index in [0.29, 0.717) is 32.5 Å². The van der Waals surface area contributed by atoms with Gasteiger partial charge in [-0.05, 0) is 35.9 Å². The molecule has 1 fully saturated rings. The number of Topliss-reactive ketones (excluding diaryl/α,β-unsaturated/α-hetero) is 1. The number of benzene rings is 3. The average molecular weight is 511 g/mol. The van der Waals surface area contributed by atoms with Gasteiger partial charge in [-0.2, -0.15) is 0 Å². The molecule has 4 aromatic rings. The topological polar surface area (TPSA) is 79.7 Å². The molecule has 1 aromatic heterocycles. The Hall–Kier alpha value is -3.39. The first kappa shape index (κ1) is 22.4. The highest BCUT2D eigenvalue weighted by Gasteiger charge is 2.48. The number of hydrogen-bond donors (Lipinski definition) is 1. The Morgan fingerprint density at radius 2 is 1.79 bits per heavy atom. The fourth-order valence-corrected chi connectivity index (χ4v) is 5.23. The molecule has 0 saturated carbocycles. The molecule has 2 heterocycles. The van der Waals surface area contributed by atoms with Crippen molar-refractivity contribution in [3.05, 3.63) is 93.5 Å². The number of thiazole rings is 1. The van der Waals surface area contributed by atoms with Gasteiger partial charge < -0.3 is 9.84 Å². The maximum Gasteiger partial charge on any atom is 0.301 e. The maximum atomic E-state index is 13.3. The Morgan fingerprint density at radius 3 is 2.50 bits per heavy atom. The number of anilines is 1. The van der Waals surface area contributed by atoms with Crippen LogP contribution < -0.4 is 9.64 Å². The second-order valence-corrected chi connectivity index (χ2v) is 9.36. The third-order valence-electron chi connectivity index (χ3n) is 5.54. The van der Waals surface area contributed by atoms with Gasteiger partial charge in [0, 0.05) is 5.56 Å². The van der Waals surface area contributed by atoms with Crippen molar-refractivity contribution < 1.29 is 19.4 Å². The fourth-order valence-electron chi connectivity index (χ4n) is 3.90. The molecule has 1 N–H and O–H groups in total. The van der Waals surface area contributed by atoms with E-state index in [1.165, 1.54) is 16.2 Å².